The molecule has 1 aliphatic rings. The number of hydrogen-bond donors (Lipinski definition) is 2. The molecule has 0 unspecified atom stereocenters. The summed E-state index contributed by atoms with van der Waals surface area (Å²) in [6, 6.07) is 0. The van der Waals surface area contributed by atoms with Gasteiger partial charge in [0.05, 0.1) is 12.3 Å². The van der Waals surface area contributed by atoms with E-state index in [-0.39, 0.29) is 0 Å². The Morgan fingerprint density at radius 1 is 1.47 bits per heavy atom. The smallest absolute Gasteiger partial charge is 0.138 e. The lowest BCUT2D eigenvalue weighted by Crippen LogP contribution is -2.27. The van der Waals surface area contributed by atoms with Crippen LogP contribution in [0.2, 0.25) is 0 Å². The fourth-order valence-corrected chi connectivity index (χ4v) is 1.53. The first-order chi connectivity index (χ1) is 7.38. The second-order valence-corrected chi connectivity index (χ2v) is 3.51. The van der Waals surface area contributed by atoms with Crippen molar-refractivity contribution in [2.45, 2.75) is 26.7 Å². The van der Waals surface area contributed by atoms with E-state index in [0.29, 0.717) is 0 Å². The van der Waals surface area contributed by atoms with E-state index >= 15 is 0 Å². The van der Waals surface area contributed by atoms with Gasteiger partial charge in [-0.3, -0.25) is 0 Å². The number of likely N-dealkylation sites (N-methyl/N-ethyl adjacent to an activating group) is 1. The van der Waals surface area contributed by atoms with Gasteiger partial charge < -0.3 is 15.4 Å². The topological polar surface area (TPSA) is 33.3 Å². The molecule has 2 N–H and O–H groups in total. The van der Waals surface area contributed by atoms with Crippen LogP contribution in [-0.4, -0.2) is 26.2 Å². The third kappa shape index (κ3) is 4.38. The summed E-state index contributed by atoms with van der Waals surface area (Å²) in [5.41, 5.74) is 1.15. The van der Waals surface area contributed by atoms with E-state index in [0.717, 1.165) is 50.5 Å². The van der Waals surface area contributed by atoms with Crippen LogP contribution in [0, 0.1) is 0 Å². The maximum atomic E-state index is 5.53. The second-order valence-electron chi connectivity index (χ2n) is 3.51. The van der Waals surface area contributed by atoms with Gasteiger partial charge in [0.15, 0.2) is 0 Å². The molecule has 3 heteroatoms. The van der Waals surface area contributed by atoms with E-state index < -0.39 is 0 Å². The van der Waals surface area contributed by atoms with Gasteiger partial charge in [-0.05, 0) is 19.0 Å². The fourth-order valence-electron chi connectivity index (χ4n) is 1.53. The zero-order valence-electron chi connectivity index (χ0n) is 9.81. The average molecular weight is 210 g/mol. The van der Waals surface area contributed by atoms with Gasteiger partial charge >= 0.3 is 0 Å². The maximum absolute atomic E-state index is 5.53. The second kappa shape index (κ2) is 7.35. The normalized spacial score (nSPS) is 16.1. The lowest BCUT2D eigenvalue weighted by molar-refractivity contribution is 0.248. The molecule has 3 nitrogen and oxygen atoms in total. The summed E-state index contributed by atoms with van der Waals surface area (Å²) in [5.74, 6) is 1.02. The number of rotatable bonds is 7. The molecule has 0 atom stereocenters. The Labute approximate surface area is 92.6 Å². The lowest BCUT2D eigenvalue weighted by Gasteiger charge is -2.12. The first-order valence-corrected chi connectivity index (χ1v) is 5.86. The molecule has 0 aromatic heterocycles. The quantitative estimate of drug-likeness (QED) is 0.628. The third-order valence-electron chi connectivity index (χ3n) is 2.25. The van der Waals surface area contributed by atoms with Crippen LogP contribution in [0.3, 0.4) is 0 Å². The van der Waals surface area contributed by atoms with E-state index in [1.165, 1.54) is 0 Å². The van der Waals surface area contributed by atoms with Crippen molar-refractivity contribution in [1.29, 1.82) is 0 Å². The maximum Gasteiger partial charge on any atom is 0.138 e. The van der Waals surface area contributed by atoms with Crippen LogP contribution in [-0.2, 0) is 4.74 Å². The van der Waals surface area contributed by atoms with Crippen molar-refractivity contribution >= 4 is 0 Å². The van der Waals surface area contributed by atoms with Gasteiger partial charge in [0.1, 0.15) is 5.76 Å². The average Bonchev–Trinajstić information content (AvgIpc) is 2.76. The Bertz CT molecular complexity index is 234. The molecular formula is C12H22N2O. The highest BCUT2D eigenvalue weighted by atomic mass is 16.5. The molecular weight excluding hydrogens is 188 g/mol. The van der Waals surface area contributed by atoms with Crippen LogP contribution in [0.5, 0.6) is 0 Å². The standard InChI is InChI=1S/C12H22N2O/c1-3-6-11(12-7-5-10-15-12)14-9-8-13-4-2/h6-7,13-14H,3-5,8-10H2,1-2H3. The van der Waals surface area contributed by atoms with Crippen molar-refractivity contribution in [3.05, 3.63) is 23.6 Å². The minimum Gasteiger partial charge on any atom is -0.491 e. The molecule has 1 heterocycles. The van der Waals surface area contributed by atoms with Crippen LogP contribution in [0.25, 0.3) is 0 Å². The summed E-state index contributed by atoms with van der Waals surface area (Å²) in [6.07, 6.45) is 6.40. The summed E-state index contributed by atoms with van der Waals surface area (Å²) in [4.78, 5) is 0. The Balaban J connectivity index is 2.34. The van der Waals surface area contributed by atoms with Crippen molar-refractivity contribution < 1.29 is 4.74 Å². The molecule has 0 saturated carbocycles. The van der Waals surface area contributed by atoms with Crippen LogP contribution in [0.15, 0.2) is 23.6 Å². The molecule has 0 fully saturated rings. The van der Waals surface area contributed by atoms with Crippen LogP contribution < -0.4 is 10.6 Å². The molecule has 0 aliphatic carbocycles. The van der Waals surface area contributed by atoms with Crippen molar-refractivity contribution in [1.82, 2.24) is 10.6 Å². The largest absolute Gasteiger partial charge is 0.491 e. The number of nitrogens with one attached hydrogen (secondary N) is 2. The zero-order valence-corrected chi connectivity index (χ0v) is 9.81. The summed E-state index contributed by atoms with van der Waals surface area (Å²) in [5, 5.41) is 6.69. The van der Waals surface area contributed by atoms with Gasteiger partial charge in [-0.1, -0.05) is 19.9 Å². The van der Waals surface area contributed by atoms with Crippen LogP contribution >= 0.6 is 0 Å². The predicted octanol–water partition coefficient (Wildman–Crippen LogP) is 1.78. The highest BCUT2D eigenvalue weighted by Crippen LogP contribution is 2.16. The van der Waals surface area contributed by atoms with Crippen LogP contribution in [0.4, 0.5) is 0 Å². The highest BCUT2D eigenvalue weighted by Gasteiger charge is 2.09. The summed E-state index contributed by atoms with van der Waals surface area (Å²) >= 11 is 0. The lowest BCUT2D eigenvalue weighted by atomic mass is 10.2. The monoisotopic (exact) mass is 210 g/mol. The van der Waals surface area contributed by atoms with E-state index in [1.54, 1.807) is 0 Å². The van der Waals surface area contributed by atoms with Gasteiger partial charge in [0, 0.05) is 19.5 Å². The van der Waals surface area contributed by atoms with E-state index in [1.807, 2.05) is 0 Å². The van der Waals surface area contributed by atoms with Crippen molar-refractivity contribution in [3.63, 3.8) is 0 Å². The zero-order chi connectivity index (χ0) is 10.9. The number of ether oxygens (including phenoxy) is 1. The molecule has 0 saturated heterocycles. The highest BCUT2D eigenvalue weighted by molar-refractivity contribution is 5.25. The van der Waals surface area contributed by atoms with Gasteiger partial charge in [0.25, 0.3) is 0 Å². The van der Waals surface area contributed by atoms with E-state index in [9.17, 15) is 0 Å². The summed E-state index contributed by atoms with van der Waals surface area (Å²) in [7, 11) is 0. The van der Waals surface area contributed by atoms with Crippen LogP contribution in [0.1, 0.15) is 26.7 Å². The number of hydrogen-bond acceptors (Lipinski definition) is 3. The number of allylic oxidation sites excluding steroid dienone is 1. The Morgan fingerprint density at radius 3 is 2.93 bits per heavy atom. The minimum atomic E-state index is 0.825. The van der Waals surface area contributed by atoms with Crippen molar-refractivity contribution in [2.75, 3.05) is 26.2 Å². The summed E-state index contributed by atoms with van der Waals surface area (Å²) < 4.78 is 5.53. The molecule has 1 aliphatic heterocycles. The van der Waals surface area contributed by atoms with Gasteiger partial charge in [0.2, 0.25) is 0 Å². The first kappa shape index (κ1) is 12.1. The van der Waals surface area contributed by atoms with Gasteiger partial charge in [-0.2, -0.15) is 0 Å². The molecule has 0 bridgehead atoms. The Kier molecular flexibility index (Phi) is 5.93. The molecule has 0 amide bonds. The molecule has 0 aromatic carbocycles. The fraction of sp³-hybridized carbons (Fsp3) is 0.667. The molecule has 15 heavy (non-hydrogen) atoms. The Hall–Kier alpha value is -0.960. The SMILES string of the molecule is CCC=C(NCCNCC)C1=CCCO1. The summed E-state index contributed by atoms with van der Waals surface area (Å²) in [6.45, 7) is 8.04. The van der Waals surface area contributed by atoms with E-state index in [2.05, 4.69) is 36.6 Å². The molecule has 0 spiro atoms. The predicted molar refractivity (Wildman–Crippen MR) is 63.6 cm³/mol. The van der Waals surface area contributed by atoms with Gasteiger partial charge in [-0.15, -0.1) is 0 Å². The molecule has 1 rings (SSSR count). The molecule has 0 aromatic rings. The van der Waals surface area contributed by atoms with E-state index in [4.69, 9.17) is 4.74 Å². The third-order valence-corrected chi connectivity index (χ3v) is 2.25. The Morgan fingerprint density at radius 2 is 2.33 bits per heavy atom. The van der Waals surface area contributed by atoms with Crippen molar-refractivity contribution in [2.24, 2.45) is 0 Å². The first-order valence-electron chi connectivity index (χ1n) is 5.86. The van der Waals surface area contributed by atoms with Crippen molar-refractivity contribution in [3.8, 4) is 0 Å². The molecule has 86 valence electrons. The minimum absolute atomic E-state index is 0.825. The van der Waals surface area contributed by atoms with Gasteiger partial charge in [-0.25, -0.2) is 0 Å². The molecule has 0 radical (unpaired) electrons.